The number of nitro groups is 1. The predicted octanol–water partition coefficient (Wildman–Crippen LogP) is 7.06. The average molecular weight is 527 g/mol. The Morgan fingerprint density at radius 2 is 1.60 bits per heavy atom. The van der Waals surface area contributed by atoms with E-state index in [1.165, 1.54) is 17.7 Å². The van der Waals surface area contributed by atoms with Crippen molar-refractivity contribution in [3.63, 3.8) is 0 Å². The molecule has 196 valence electrons. The number of hydrogen-bond donors (Lipinski definition) is 2. The summed E-state index contributed by atoms with van der Waals surface area (Å²) in [6.45, 7) is 4.46. The standard InChI is InChI=1S/C33H26N4O3/c1-20-21(2)35-30-17-23(13-16-25(20)30)33(28-18-34-29-9-5-3-7-26(28)29)27-8-4-6-10-31(27)36(32(33)38)19-22-11-14-24(15-12-22)37(39)40/h3-18,34-35H,19H2,1-2H3. The predicted molar refractivity (Wildman–Crippen MR) is 157 cm³/mol. The third kappa shape index (κ3) is 3.27. The third-order valence-electron chi connectivity index (χ3n) is 8.39. The lowest BCUT2D eigenvalue weighted by atomic mass is 9.70. The van der Waals surface area contributed by atoms with Crippen molar-refractivity contribution in [3.8, 4) is 0 Å². The molecule has 0 saturated heterocycles. The molecule has 1 amide bonds. The molecule has 7 nitrogen and oxygen atoms in total. The number of rotatable bonds is 5. The molecule has 1 aliphatic rings. The molecule has 7 rings (SSSR count). The van der Waals surface area contributed by atoms with Gasteiger partial charge >= 0.3 is 0 Å². The number of benzene rings is 4. The number of nitro benzene ring substituents is 1. The summed E-state index contributed by atoms with van der Waals surface area (Å²) < 4.78 is 0. The highest BCUT2D eigenvalue weighted by Gasteiger charge is 2.54. The maximum atomic E-state index is 15.0. The first kappa shape index (κ1) is 23.9. The fourth-order valence-corrected chi connectivity index (χ4v) is 6.30. The minimum atomic E-state index is -1.10. The first-order valence-corrected chi connectivity index (χ1v) is 13.2. The summed E-state index contributed by atoms with van der Waals surface area (Å²) in [6.07, 6.45) is 1.96. The molecule has 1 aliphatic heterocycles. The largest absolute Gasteiger partial charge is 0.361 e. The van der Waals surface area contributed by atoms with Crippen LogP contribution in [0.1, 0.15) is 33.5 Å². The number of para-hydroxylation sites is 2. The van der Waals surface area contributed by atoms with E-state index in [0.717, 1.165) is 55.4 Å². The van der Waals surface area contributed by atoms with Crippen molar-refractivity contribution in [1.82, 2.24) is 9.97 Å². The molecule has 2 N–H and O–H groups in total. The molecular formula is C33H26N4O3. The fourth-order valence-electron chi connectivity index (χ4n) is 6.30. The molecule has 3 heterocycles. The van der Waals surface area contributed by atoms with Crippen LogP contribution < -0.4 is 4.90 Å². The van der Waals surface area contributed by atoms with Gasteiger partial charge in [0.15, 0.2) is 0 Å². The van der Waals surface area contributed by atoms with Crippen LogP contribution in [0.25, 0.3) is 21.8 Å². The molecule has 2 aromatic heterocycles. The monoisotopic (exact) mass is 526 g/mol. The van der Waals surface area contributed by atoms with Crippen molar-refractivity contribution in [2.24, 2.45) is 0 Å². The van der Waals surface area contributed by atoms with Gasteiger partial charge in [-0.25, -0.2) is 0 Å². The van der Waals surface area contributed by atoms with Crippen LogP contribution in [0.3, 0.4) is 0 Å². The van der Waals surface area contributed by atoms with Crippen LogP contribution in [0.2, 0.25) is 0 Å². The van der Waals surface area contributed by atoms with E-state index in [1.54, 1.807) is 12.1 Å². The first-order chi connectivity index (χ1) is 19.4. The summed E-state index contributed by atoms with van der Waals surface area (Å²) in [5.41, 5.74) is 7.51. The summed E-state index contributed by atoms with van der Waals surface area (Å²) in [7, 11) is 0. The van der Waals surface area contributed by atoms with E-state index in [-0.39, 0.29) is 11.6 Å². The SMILES string of the molecule is Cc1[nH]c2cc(C3(c4c[nH]c5ccccc45)C(=O)N(Cc4ccc([N+](=O)[O-])cc4)c4ccccc43)ccc2c1C. The van der Waals surface area contributed by atoms with Crippen LogP contribution >= 0.6 is 0 Å². The van der Waals surface area contributed by atoms with Crippen molar-refractivity contribution in [2.45, 2.75) is 25.8 Å². The Labute approximate surface area is 230 Å². The molecule has 40 heavy (non-hydrogen) atoms. The third-order valence-corrected chi connectivity index (χ3v) is 8.39. The fraction of sp³-hybridized carbons (Fsp3) is 0.121. The van der Waals surface area contributed by atoms with Crippen LogP contribution in [0.15, 0.2) is 97.2 Å². The molecule has 4 aromatic carbocycles. The lowest BCUT2D eigenvalue weighted by Crippen LogP contribution is -2.42. The number of carbonyl (C=O) groups is 1. The van der Waals surface area contributed by atoms with Crippen molar-refractivity contribution >= 4 is 39.1 Å². The van der Waals surface area contributed by atoms with E-state index in [1.807, 2.05) is 53.6 Å². The molecule has 0 saturated carbocycles. The topological polar surface area (TPSA) is 95.0 Å². The van der Waals surface area contributed by atoms with Gasteiger partial charge in [0.25, 0.3) is 5.69 Å². The quantitative estimate of drug-likeness (QED) is 0.186. The van der Waals surface area contributed by atoms with Crippen molar-refractivity contribution in [2.75, 3.05) is 4.90 Å². The maximum Gasteiger partial charge on any atom is 0.269 e. The number of aryl methyl sites for hydroxylation is 2. The van der Waals surface area contributed by atoms with E-state index >= 15 is 4.79 Å². The molecule has 0 radical (unpaired) electrons. The highest BCUT2D eigenvalue weighted by atomic mass is 16.6. The van der Waals surface area contributed by atoms with Crippen molar-refractivity contribution < 1.29 is 9.72 Å². The number of non-ortho nitro benzene ring substituents is 1. The van der Waals surface area contributed by atoms with Crippen LogP contribution in [-0.2, 0) is 16.8 Å². The normalized spacial score (nSPS) is 16.6. The van der Waals surface area contributed by atoms with Crippen LogP contribution in [0.5, 0.6) is 0 Å². The Kier molecular flexibility index (Phi) is 5.19. The van der Waals surface area contributed by atoms with Crippen molar-refractivity contribution in [1.29, 1.82) is 0 Å². The molecule has 0 aliphatic carbocycles. The van der Waals surface area contributed by atoms with Gasteiger partial charge in [-0.15, -0.1) is 0 Å². The lowest BCUT2D eigenvalue weighted by molar-refractivity contribution is -0.384. The Morgan fingerprint density at radius 1 is 0.850 bits per heavy atom. The van der Waals surface area contributed by atoms with Crippen LogP contribution in [0.4, 0.5) is 11.4 Å². The second kappa shape index (κ2) is 8.68. The summed E-state index contributed by atoms with van der Waals surface area (Å²) in [4.78, 5) is 34.5. The number of aromatic amines is 2. The summed E-state index contributed by atoms with van der Waals surface area (Å²) >= 11 is 0. The number of amides is 1. The van der Waals surface area contributed by atoms with Crippen molar-refractivity contribution in [3.05, 3.63) is 141 Å². The Balaban J connectivity index is 1.48. The molecular weight excluding hydrogens is 500 g/mol. The number of fused-ring (bicyclic) bond motifs is 3. The van der Waals surface area contributed by atoms with Gasteiger partial charge in [-0.2, -0.15) is 0 Å². The number of nitrogens with zero attached hydrogens (tertiary/aromatic N) is 2. The molecule has 0 fully saturated rings. The minimum Gasteiger partial charge on any atom is -0.361 e. The summed E-state index contributed by atoms with van der Waals surface area (Å²) in [5, 5.41) is 13.3. The maximum absolute atomic E-state index is 15.0. The molecule has 1 atom stereocenters. The van der Waals surface area contributed by atoms with E-state index in [0.29, 0.717) is 6.54 Å². The van der Waals surface area contributed by atoms with Gasteiger partial charge < -0.3 is 14.9 Å². The van der Waals surface area contributed by atoms with Crippen LogP contribution in [0, 0.1) is 24.0 Å². The smallest absolute Gasteiger partial charge is 0.269 e. The Hall–Kier alpha value is -5.17. The summed E-state index contributed by atoms with van der Waals surface area (Å²) in [5.74, 6) is -0.0591. The van der Waals surface area contributed by atoms with Gasteiger partial charge in [0, 0.05) is 62.6 Å². The Morgan fingerprint density at radius 3 is 2.40 bits per heavy atom. The molecule has 0 spiro atoms. The minimum absolute atomic E-state index is 0.0230. The second-order valence-electron chi connectivity index (χ2n) is 10.5. The van der Waals surface area contributed by atoms with Gasteiger partial charge in [0.05, 0.1) is 11.5 Å². The molecule has 0 bridgehead atoms. The highest BCUT2D eigenvalue weighted by molar-refractivity contribution is 6.15. The zero-order valence-corrected chi connectivity index (χ0v) is 22.1. The average Bonchev–Trinajstić information content (AvgIpc) is 3.60. The number of anilines is 1. The Bertz CT molecular complexity index is 1970. The molecule has 7 heteroatoms. The zero-order valence-electron chi connectivity index (χ0n) is 22.1. The van der Waals surface area contributed by atoms with E-state index < -0.39 is 10.3 Å². The van der Waals surface area contributed by atoms with Gasteiger partial charge in [-0.05, 0) is 48.7 Å². The number of aromatic nitrogens is 2. The van der Waals surface area contributed by atoms with Gasteiger partial charge in [0.1, 0.15) is 5.41 Å². The second-order valence-corrected chi connectivity index (χ2v) is 10.5. The number of nitrogens with one attached hydrogen (secondary N) is 2. The van der Waals surface area contributed by atoms with E-state index in [4.69, 9.17) is 0 Å². The first-order valence-electron chi connectivity index (χ1n) is 13.2. The van der Waals surface area contributed by atoms with Gasteiger partial charge in [-0.1, -0.05) is 60.7 Å². The van der Waals surface area contributed by atoms with Gasteiger partial charge in [-0.3, -0.25) is 14.9 Å². The number of carbonyl (C=O) groups excluding carboxylic acids is 1. The van der Waals surface area contributed by atoms with E-state index in [9.17, 15) is 10.1 Å². The molecule has 1 unspecified atom stereocenters. The van der Waals surface area contributed by atoms with Gasteiger partial charge in [0.2, 0.25) is 5.91 Å². The number of H-pyrrole nitrogens is 2. The van der Waals surface area contributed by atoms with E-state index in [2.05, 4.69) is 48.1 Å². The lowest BCUT2D eigenvalue weighted by Gasteiger charge is -2.30. The summed E-state index contributed by atoms with van der Waals surface area (Å²) in [6, 6.07) is 28.7. The zero-order chi connectivity index (χ0) is 27.6. The number of hydrogen-bond acceptors (Lipinski definition) is 3. The molecule has 6 aromatic rings. The highest BCUT2D eigenvalue weighted by Crippen LogP contribution is 2.52. The van der Waals surface area contributed by atoms with Crippen LogP contribution in [-0.4, -0.2) is 20.8 Å².